The summed E-state index contributed by atoms with van der Waals surface area (Å²) in [5.74, 6) is 8.19. The molecule has 4 rings (SSSR count). The van der Waals surface area contributed by atoms with Gasteiger partial charge in [0, 0.05) is 12.6 Å². The first-order valence-corrected chi connectivity index (χ1v) is 9.99. The predicted molar refractivity (Wildman–Crippen MR) is 113 cm³/mol. The van der Waals surface area contributed by atoms with Crippen LogP contribution in [0.4, 0.5) is 5.82 Å². The van der Waals surface area contributed by atoms with Crippen LogP contribution in [-0.2, 0) is 6.54 Å². The maximum absolute atomic E-state index is 10.2. The zero-order valence-corrected chi connectivity index (χ0v) is 17.6. The van der Waals surface area contributed by atoms with E-state index >= 15 is 0 Å². The number of nitrogens with zero attached hydrogens (tertiary/aromatic N) is 4. The molecule has 0 fully saturated rings. The molecule has 0 aliphatic carbocycles. The van der Waals surface area contributed by atoms with Crippen LogP contribution < -0.4 is 14.8 Å². The molecule has 0 spiro atoms. The van der Waals surface area contributed by atoms with E-state index in [2.05, 4.69) is 46.0 Å². The monoisotopic (exact) mass is 407 g/mol. The van der Waals surface area contributed by atoms with Crippen molar-refractivity contribution in [3.8, 4) is 23.3 Å². The van der Waals surface area contributed by atoms with Gasteiger partial charge < -0.3 is 24.5 Å². The molecule has 1 aliphatic rings. The van der Waals surface area contributed by atoms with E-state index in [0.29, 0.717) is 35.8 Å². The molecule has 0 radical (unpaired) electrons. The molecule has 1 atom stereocenters. The maximum Gasteiger partial charge on any atom is 0.231 e. The van der Waals surface area contributed by atoms with Crippen molar-refractivity contribution in [1.82, 2.24) is 19.5 Å². The first-order valence-electron chi connectivity index (χ1n) is 9.99. The lowest BCUT2D eigenvalue weighted by molar-refractivity contribution is 0.118. The highest BCUT2D eigenvalue weighted by atomic mass is 16.7. The minimum absolute atomic E-state index is 0.186. The van der Waals surface area contributed by atoms with Crippen LogP contribution >= 0.6 is 0 Å². The van der Waals surface area contributed by atoms with Gasteiger partial charge in [0.25, 0.3) is 0 Å². The van der Waals surface area contributed by atoms with Crippen LogP contribution in [0.15, 0.2) is 24.5 Å². The predicted octanol–water partition coefficient (Wildman–Crippen LogP) is 3.26. The van der Waals surface area contributed by atoms with Gasteiger partial charge in [-0.3, -0.25) is 0 Å². The van der Waals surface area contributed by atoms with Crippen LogP contribution in [-0.4, -0.2) is 37.0 Å². The van der Waals surface area contributed by atoms with E-state index in [4.69, 9.17) is 9.47 Å². The quantitative estimate of drug-likeness (QED) is 0.627. The largest absolute Gasteiger partial charge is 0.454 e. The van der Waals surface area contributed by atoms with Gasteiger partial charge in [-0.05, 0) is 50.8 Å². The summed E-state index contributed by atoms with van der Waals surface area (Å²) in [6.45, 7) is 8.46. The van der Waals surface area contributed by atoms with Gasteiger partial charge in [0.15, 0.2) is 28.5 Å². The van der Waals surface area contributed by atoms with Gasteiger partial charge in [-0.2, -0.15) is 0 Å². The van der Waals surface area contributed by atoms with Crippen molar-refractivity contribution in [2.45, 2.75) is 52.3 Å². The van der Waals surface area contributed by atoms with Crippen LogP contribution in [0.1, 0.15) is 51.5 Å². The third-order valence-corrected chi connectivity index (χ3v) is 5.01. The smallest absolute Gasteiger partial charge is 0.231 e. The second-order valence-corrected chi connectivity index (χ2v) is 7.73. The number of nitrogens with one attached hydrogen (secondary N) is 1. The van der Waals surface area contributed by atoms with Crippen molar-refractivity contribution in [3.63, 3.8) is 0 Å². The van der Waals surface area contributed by atoms with Gasteiger partial charge in [-0.1, -0.05) is 18.9 Å². The molecule has 8 heteroatoms. The van der Waals surface area contributed by atoms with Crippen LogP contribution in [0.2, 0.25) is 0 Å². The van der Waals surface area contributed by atoms with Crippen LogP contribution in [0.5, 0.6) is 11.5 Å². The van der Waals surface area contributed by atoms with Crippen molar-refractivity contribution in [3.05, 3.63) is 35.9 Å². The Bertz CT molecular complexity index is 1140. The molecule has 156 valence electrons. The van der Waals surface area contributed by atoms with Gasteiger partial charge in [-0.15, -0.1) is 0 Å². The number of fused-ring (bicyclic) bond motifs is 2. The summed E-state index contributed by atoms with van der Waals surface area (Å²) < 4.78 is 12.8. The van der Waals surface area contributed by atoms with E-state index in [1.54, 1.807) is 13.3 Å². The summed E-state index contributed by atoms with van der Waals surface area (Å²) in [6.07, 6.45) is 2.27. The van der Waals surface area contributed by atoms with Gasteiger partial charge in [0.05, 0.1) is 6.33 Å². The molecule has 0 bridgehead atoms. The molecule has 30 heavy (non-hydrogen) atoms. The summed E-state index contributed by atoms with van der Waals surface area (Å²) in [6, 6.07) is 6.00. The number of anilines is 1. The van der Waals surface area contributed by atoms with E-state index in [9.17, 15) is 5.11 Å². The van der Waals surface area contributed by atoms with Crippen molar-refractivity contribution < 1.29 is 14.6 Å². The van der Waals surface area contributed by atoms with E-state index < -0.39 is 5.60 Å². The number of benzene rings is 1. The lowest BCUT2D eigenvalue weighted by Crippen LogP contribution is -2.19. The summed E-state index contributed by atoms with van der Waals surface area (Å²) >= 11 is 0. The van der Waals surface area contributed by atoms with E-state index in [1.807, 2.05) is 29.7 Å². The third-order valence-electron chi connectivity index (χ3n) is 5.01. The van der Waals surface area contributed by atoms with Gasteiger partial charge >= 0.3 is 0 Å². The molecular weight excluding hydrogens is 382 g/mol. The zero-order chi connectivity index (χ0) is 21.3. The Morgan fingerprint density at radius 3 is 2.83 bits per heavy atom. The molecular formula is C22H25N5O3. The normalized spacial score (nSPS) is 14.5. The Labute approximate surface area is 175 Å². The van der Waals surface area contributed by atoms with Crippen LogP contribution in [0.25, 0.3) is 11.2 Å². The molecule has 1 aromatic carbocycles. The van der Waals surface area contributed by atoms with Crippen LogP contribution in [0.3, 0.4) is 0 Å². The molecule has 3 heterocycles. The molecule has 3 aromatic rings. The van der Waals surface area contributed by atoms with Gasteiger partial charge in [0.1, 0.15) is 5.60 Å². The van der Waals surface area contributed by atoms with Gasteiger partial charge in [0.2, 0.25) is 12.6 Å². The molecule has 2 aromatic heterocycles. The fourth-order valence-corrected chi connectivity index (χ4v) is 2.99. The highest BCUT2D eigenvalue weighted by Gasteiger charge is 2.17. The Hall–Kier alpha value is -3.31. The maximum atomic E-state index is 10.2. The Kier molecular flexibility index (Phi) is 5.22. The lowest BCUT2D eigenvalue weighted by Gasteiger charge is -2.12. The number of imidazole rings is 1. The average Bonchev–Trinajstić information content (AvgIpc) is 3.37. The van der Waals surface area contributed by atoms with Crippen LogP contribution in [0, 0.1) is 11.8 Å². The van der Waals surface area contributed by atoms with E-state index in [-0.39, 0.29) is 12.8 Å². The van der Waals surface area contributed by atoms with Crippen molar-refractivity contribution in [2.75, 3.05) is 12.1 Å². The van der Waals surface area contributed by atoms with Crippen molar-refractivity contribution in [2.24, 2.45) is 0 Å². The Morgan fingerprint density at radius 1 is 1.27 bits per heavy atom. The Morgan fingerprint density at radius 2 is 2.07 bits per heavy atom. The number of hydrogen-bond acceptors (Lipinski definition) is 7. The SMILES string of the molecule is CC[C@@](C)(O)C#Cc1nc(NCc2ccc3c(c2)OCO3)c2ncn(C(C)C)c2n1. The van der Waals surface area contributed by atoms with Gasteiger partial charge in [-0.25, -0.2) is 15.0 Å². The first kappa shape index (κ1) is 20.0. The highest BCUT2D eigenvalue weighted by molar-refractivity contribution is 5.83. The molecule has 0 amide bonds. The third kappa shape index (κ3) is 4.02. The second-order valence-electron chi connectivity index (χ2n) is 7.73. The number of rotatable bonds is 5. The topological polar surface area (TPSA) is 94.3 Å². The fraction of sp³-hybridized carbons (Fsp3) is 0.409. The standard InChI is InChI=1S/C22H25N5O3/c1-5-22(4,28)9-8-18-25-20(19-21(26-18)27(12-24-19)14(2)3)23-11-15-6-7-16-17(10-15)30-13-29-16/h6-7,10,12,14,28H,5,11,13H2,1-4H3,(H,23,25,26)/t22-/m1/s1. The summed E-state index contributed by atoms with van der Waals surface area (Å²) in [5.41, 5.74) is 1.32. The summed E-state index contributed by atoms with van der Waals surface area (Å²) in [7, 11) is 0. The molecule has 0 saturated carbocycles. The molecule has 0 unspecified atom stereocenters. The second kappa shape index (κ2) is 7.84. The number of ether oxygens (including phenoxy) is 2. The van der Waals surface area contributed by atoms with E-state index in [0.717, 1.165) is 17.1 Å². The van der Waals surface area contributed by atoms with Crippen molar-refractivity contribution >= 4 is 17.0 Å². The number of hydrogen-bond donors (Lipinski definition) is 2. The summed E-state index contributed by atoms with van der Waals surface area (Å²) in [5, 5.41) is 13.6. The Balaban J connectivity index is 1.68. The van der Waals surface area contributed by atoms with Crippen molar-refractivity contribution in [1.29, 1.82) is 0 Å². The summed E-state index contributed by atoms with van der Waals surface area (Å²) in [4.78, 5) is 13.7. The first-order chi connectivity index (χ1) is 14.4. The zero-order valence-electron chi connectivity index (χ0n) is 17.6. The number of aromatic nitrogens is 4. The minimum atomic E-state index is -1.09. The molecule has 8 nitrogen and oxygen atoms in total. The highest BCUT2D eigenvalue weighted by Crippen LogP contribution is 2.32. The number of aliphatic hydroxyl groups is 1. The molecule has 2 N–H and O–H groups in total. The fourth-order valence-electron chi connectivity index (χ4n) is 2.99. The molecule has 0 saturated heterocycles. The average molecular weight is 407 g/mol. The lowest BCUT2D eigenvalue weighted by atomic mass is 10.1. The van der Waals surface area contributed by atoms with E-state index in [1.165, 1.54) is 0 Å². The molecule has 1 aliphatic heterocycles. The minimum Gasteiger partial charge on any atom is -0.454 e.